The van der Waals surface area contributed by atoms with Crippen LogP contribution in [0.2, 0.25) is 5.15 Å². The maximum Gasteiger partial charge on any atom is 0.191 e. The number of halogens is 1. The van der Waals surface area contributed by atoms with Crippen LogP contribution in [0.15, 0.2) is 29.2 Å². The summed E-state index contributed by atoms with van der Waals surface area (Å²) >= 11 is 5.64. The van der Waals surface area contributed by atoms with Crippen molar-refractivity contribution in [2.24, 2.45) is 0 Å². The second kappa shape index (κ2) is 2.60. The van der Waals surface area contributed by atoms with Gasteiger partial charge in [-0.15, -0.1) is 0 Å². The molecule has 0 aliphatic carbocycles. The lowest BCUT2D eigenvalue weighted by Gasteiger charge is -1.94. The van der Waals surface area contributed by atoms with Gasteiger partial charge in [-0.25, -0.2) is 4.98 Å². The van der Waals surface area contributed by atoms with Crippen molar-refractivity contribution >= 4 is 22.6 Å². The van der Waals surface area contributed by atoms with E-state index in [9.17, 15) is 4.79 Å². The van der Waals surface area contributed by atoms with Gasteiger partial charge < -0.3 is 4.98 Å². The van der Waals surface area contributed by atoms with Crippen LogP contribution in [0.25, 0.3) is 11.0 Å². The summed E-state index contributed by atoms with van der Waals surface area (Å²) in [5, 5.41) is 0.936. The lowest BCUT2D eigenvalue weighted by Crippen LogP contribution is -2.00. The Hall–Kier alpha value is -1.35. The van der Waals surface area contributed by atoms with Crippen molar-refractivity contribution in [2.75, 3.05) is 0 Å². The second-order valence-corrected chi connectivity index (χ2v) is 2.76. The summed E-state index contributed by atoms with van der Waals surface area (Å²) in [5.74, 6) is 0. The standard InChI is InChI=1S/C8H5ClN2O/c9-7-2-1-5-6(12)3-4-10-8(5)11-7/h1-4H,(H,10,11,12). The van der Waals surface area contributed by atoms with E-state index in [2.05, 4.69) is 9.97 Å². The van der Waals surface area contributed by atoms with Gasteiger partial charge in [0, 0.05) is 12.3 Å². The molecule has 0 saturated carbocycles. The van der Waals surface area contributed by atoms with E-state index in [1.54, 1.807) is 18.3 Å². The predicted octanol–water partition coefficient (Wildman–Crippen LogP) is 1.58. The first-order chi connectivity index (χ1) is 5.77. The molecule has 0 aliphatic rings. The minimum absolute atomic E-state index is 0.0482. The van der Waals surface area contributed by atoms with E-state index < -0.39 is 0 Å². The number of H-pyrrole nitrogens is 1. The Labute approximate surface area is 73.0 Å². The van der Waals surface area contributed by atoms with E-state index in [0.717, 1.165) is 0 Å². The predicted molar refractivity (Wildman–Crippen MR) is 47.4 cm³/mol. The summed E-state index contributed by atoms with van der Waals surface area (Å²) in [6.45, 7) is 0. The summed E-state index contributed by atoms with van der Waals surface area (Å²) in [6, 6.07) is 4.71. The molecule has 12 heavy (non-hydrogen) atoms. The summed E-state index contributed by atoms with van der Waals surface area (Å²) in [4.78, 5) is 18.0. The molecule has 60 valence electrons. The maximum absolute atomic E-state index is 11.2. The average Bonchev–Trinajstić information content (AvgIpc) is 2.04. The fourth-order valence-corrected chi connectivity index (χ4v) is 1.18. The van der Waals surface area contributed by atoms with Gasteiger partial charge in [0.05, 0.1) is 5.39 Å². The van der Waals surface area contributed by atoms with Crippen molar-refractivity contribution in [3.63, 3.8) is 0 Å². The minimum Gasteiger partial charge on any atom is -0.346 e. The minimum atomic E-state index is -0.0482. The van der Waals surface area contributed by atoms with Gasteiger partial charge in [0.2, 0.25) is 0 Å². The molecular weight excluding hydrogens is 176 g/mol. The van der Waals surface area contributed by atoms with Gasteiger partial charge in [-0.1, -0.05) is 11.6 Å². The van der Waals surface area contributed by atoms with Gasteiger partial charge in [0.25, 0.3) is 0 Å². The first-order valence-corrected chi connectivity index (χ1v) is 3.79. The number of nitrogens with one attached hydrogen (secondary N) is 1. The molecule has 2 rings (SSSR count). The zero-order valence-electron chi connectivity index (χ0n) is 6.04. The molecule has 0 bridgehead atoms. The monoisotopic (exact) mass is 180 g/mol. The zero-order valence-corrected chi connectivity index (χ0v) is 6.80. The highest BCUT2D eigenvalue weighted by molar-refractivity contribution is 6.29. The van der Waals surface area contributed by atoms with Crippen molar-refractivity contribution in [2.45, 2.75) is 0 Å². The Balaban J connectivity index is 2.96. The van der Waals surface area contributed by atoms with E-state index >= 15 is 0 Å². The van der Waals surface area contributed by atoms with Crippen LogP contribution in [-0.4, -0.2) is 9.97 Å². The Morgan fingerprint density at radius 1 is 1.33 bits per heavy atom. The van der Waals surface area contributed by atoms with Crippen LogP contribution in [0.4, 0.5) is 0 Å². The summed E-state index contributed by atoms with van der Waals surface area (Å²) in [5.41, 5.74) is 0.475. The van der Waals surface area contributed by atoms with Crippen LogP contribution in [0.5, 0.6) is 0 Å². The van der Waals surface area contributed by atoms with E-state index in [1.165, 1.54) is 6.07 Å². The van der Waals surface area contributed by atoms with Crippen molar-refractivity contribution in [3.8, 4) is 0 Å². The number of rotatable bonds is 0. The smallest absolute Gasteiger partial charge is 0.191 e. The Kier molecular flexibility index (Phi) is 1.59. The van der Waals surface area contributed by atoms with Crippen molar-refractivity contribution < 1.29 is 0 Å². The van der Waals surface area contributed by atoms with Crippen LogP contribution in [0, 0.1) is 0 Å². The Bertz CT molecular complexity index is 478. The normalized spacial score (nSPS) is 10.4. The van der Waals surface area contributed by atoms with E-state index in [0.29, 0.717) is 16.2 Å². The third-order valence-electron chi connectivity index (χ3n) is 1.58. The number of hydrogen-bond donors (Lipinski definition) is 1. The summed E-state index contributed by atoms with van der Waals surface area (Å²) < 4.78 is 0. The van der Waals surface area contributed by atoms with Crippen molar-refractivity contribution in [3.05, 3.63) is 39.8 Å². The number of nitrogens with zero attached hydrogens (tertiary/aromatic N) is 1. The number of fused-ring (bicyclic) bond motifs is 1. The third-order valence-corrected chi connectivity index (χ3v) is 1.79. The van der Waals surface area contributed by atoms with E-state index in [-0.39, 0.29) is 5.43 Å². The van der Waals surface area contributed by atoms with Gasteiger partial charge in [0.1, 0.15) is 10.8 Å². The molecule has 0 aliphatic heterocycles. The fourth-order valence-electron chi connectivity index (χ4n) is 1.03. The van der Waals surface area contributed by atoms with Crippen molar-refractivity contribution in [1.29, 1.82) is 0 Å². The number of aromatic amines is 1. The van der Waals surface area contributed by atoms with Crippen LogP contribution in [0.3, 0.4) is 0 Å². The maximum atomic E-state index is 11.2. The van der Waals surface area contributed by atoms with Gasteiger partial charge in [-0.3, -0.25) is 4.79 Å². The van der Waals surface area contributed by atoms with E-state index in [1.807, 2.05) is 0 Å². The molecule has 2 aromatic heterocycles. The van der Waals surface area contributed by atoms with Crippen LogP contribution in [-0.2, 0) is 0 Å². The molecule has 0 fully saturated rings. The highest BCUT2D eigenvalue weighted by Crippen LogP contribution is 2.08. The molecular formula is C8H5ClN2O. The molecule has 0 atom stereocenters. The molecule has 0 spiro atoms. The number of hydrogen-bond acceptors (Lipinski definition) is 2. The first kappa shape index (κ1) is 7.31. The van der Waals surface area contributed by atoms with Gasteiger partial charge >= 0.3 is 0 Å². The molecule has 0 radical (unpaired) electrons. The fraction of sp³-hybridized carbons (Fsp3) is 0. The number of aromatic nitrogens is 2. The molecule has 1 N–H and O–H groups in total. The second-order valence-electron chi connectivity index (χ2n) is 2.37. The van der Waals surface area contributed by atoms with Crippen molar-refractivity contribution in [1.82, 2.24) is 9.97 Å². The molecule has 4 heteroatoms. The van der Waals surface area contributed by atoms with Crippen LogP contribution in [0.1, 0.15) is 0 Å². The average molecular weight is 181 g/mol. The van der Waals surface area contributed by atoms with Crippen LogP contribution < -0.4 is 5.43 Å². The van der Waals surface area contributed by atoms with E-state index in [4.69, 9.17) is 11.6 Å². The highest BCUT2D eigenvalue weighted by Gasteiger charge is 1.98. The zero-order chi connectivity index (χ0) is 8.55. The van der Waals surface area contributed by atoms with Gasteiger partial charge in [-0.05, 0) is 12.1 Å². The lowest BCUT2D eigenvalue weighted by atomic mass is 10.3. The SMILES string of the molecule is O=c1cc[nH]c2nc(Cl)ccc12. The lowest BCUT2D eigenvalue weighted by molar-refractivity contribution is 1.28. The molecule has 2 heterocycles. The molecule has 0 saturated heterocycles. The summed E-state index contributed by atoms with van der Waals surface area (Å²) in [7, 11) is 0. The molecule has 0 amide bonds. The quantitative estimate of drug-likeness (QED) is 0.626. The highest BCUT2D eigenvalue weighted by atomic mass is 35.5. The van der Waals surface area contributed by atoms with Gasteiger partial charge in [-0.2, -0.15) is 0 Å². The Morgan fingerprint density at radius 2 is 2.17 bits per heavy atom. The molecule has 2 aromatic rings. The number of pyridine rings is 2. The molecule has 0 aromatic carbocycles. The topological polar surface area (TPSA) is 45.8 Å². The first-order valence-electron chi connectivity index (χ1n) is 3.41. The third kappa shape index (κ3) is 1.08. The van der Waals surface area contributed by atoms with Gasteiger partial charge in [0.15, 0.2) is 5.43 Å². The molecule has 3 nitrogen and oxygen atoms in total. The molecule has 0 unspecified atom stereocenters. The largest absolute Gasteiger partial charge is 0.346 e. The van der Waals surface area contributed by atoms with Crippen LogP contribution >= 0.6 is 11.6 Å². The summed E-state index contributed by atoms with van der Waals surface area (Å²) in [6.07, 6.45) is 1.55. The Morgan fingerprint density at radius 3 is 3.00 bits per heavy atom.